The van der Waals surface area contributed by atoms with E-state index in [0.717, 1.165) is 0 Å². The van der Waals surface area contributed by atoms with E-state index in [-0.39, 0.29) is 31.7 Å². The van der Waals surface area contributed by atoms with Crippen molar-refractivity contribution in [1.82, 2.24) is 9.97 Å². The highest BCUT2D eigenvalue weighted by atomic mass is 35.5. The number of carbonyl (C=O) groups is 2. The van der Waals surface area contributed by atoms with Gasteiger partial charge in [-0.2, -0.15) is 0 Å². The van der Waals surface area contributed by atoms with E-state index in [4.69, 9.17) is 56.2 Å². The molecule has 0 unspecified atom stereocenters. The number of pyridine rings is 2. The number of halogens is 4. The molecule has 0 spiro atoms. The van der Waals surface area contributed by atoms with Crippen LogP contribution in [0.25, 0.3) is 0 Å². The number of rotatable bonds is 3. The van der Waals surface area contributed by atoms with Crippen LogP contribution in [0.1, 0.15) is 38.8 Å². The van der Waals surface area contributed by atoms with Gasteiger partial charge in [-0.3, -0.25) is 0 Å². The molecule has 0 aromatic carbocycles. The van der Waals surface area contributed by atoms with Gasteiger partial charge in [0.15, 0.2) is 0 Å². The Labute approximate surface area is 170 Å². The first-order chi connectivity index (χ1) is 12.1. The summed E-state index contributed by atoms with van der Waals surface area (Å²) < 4.78 is 4.82. The van der Waals surface area contributed by atoms with Crippen molar-refractivity contribution in [3.05, 3.63) is 55.0 Å². The molecule has 2 aromatic rings. The number of hydrogen-bond donors (Lipinski definition) is 1. The van der Waals surface area contributed by atoms with Gasteiger partial charge in [-0.1, -0.05) is 46.4 Å². The van der Waals surface area contributed by atoms with Gasteiger partial charge < -0.3 is 9.84 Å². The summed E-state index contributed by atoms with van der Waals surface area (Å²) in [5.41, 5.74) is 1.44. The fourth-order valence-corrected chi connectivity index (χ4v) is 3.12. The Kier molecular flexibility index (Phi) is 8.56. The van der Waals surface area contributed by atoms with Crippen LogP contribution in [0.2, 0.25) is 20.6 Å². The molecule has 0 fully saturated rings. The van der Waals surface area contributed by atoms with E-state index in [9.17, 15) is 9.59 Å². The Bertz CT molecular complexity index is 797. The molecule has 0 saturated carbocycles. The molecule has 0 aliphatic rings. The summed E-state index contributed by atoms with van der Waals surface area (Å²) in [7, 11) is 0. The summed E-state index contributed by atoms with van der Waals surface area (Å²) in [6.45, 7) is 5.37. The third-order valence-electron chi connectivity index (χ3n) is 2.98. The lowest BCUT2D eigenvalue weighted by molar-refractivity contribution is 0.0524. The van der Waals surface area contributed by atoms with E-state index < -0.39 is 11.9 Å². The van der Waals surface area contributed by atoms with Crippen molar-refractivity contribution in [2.24, 2.45) is 0 Å². The summed E-state index contributed by atoms with van der Waals surface area (Å²) in [6, 6.07) is 3.02. The van der Waals surface area contributed by atoms with Gasteiger partial charge >= 0.3 is 11.9 Å². The molecule has 10 heteroatoms. The van der Waals surface area contributed by atoms with Gasteiger partial charge in [0.1, 0.15) is 20.6 Å². The highest BCUT2D eigenvalue weighted by Gasteiger charge is 2.16. The molecule has 140 valence electrons. The number of carboxylic acid groups (broad SMARTS) is 1. The Morgan fingerprint density at radius 1 is 0.962 bits per heavy atom. The fourth-order valence-electron chi connectivity index (χ4n) is 1.90. The van der Waals surface area contributed by atoms with Crippen LogP contribution in [0, 0.1) is 13.8 Å². The zero-order chi connectivity index (χ0) is 20.0. The van der Waals surface area contributed by atoms with Crippen LogP contribution in [0.4, 0.5) is 0 Å². The topological polar surface area (TPSA) is 89.4 Å². The maximum absolute atomic E-state index is 11.4. The van der Waals surface area contributed by atoms with Gasteiger partial charge in [-0.05, 0) is 44.0 Å². The van der Waals surface area contributed by atoms with Gasteiger partial charge in [-0.25, -0.2) is 19.6 Å². The van der Waals surface area contributed by atoms with E-state index in [2.05, 4.69) is 9.97 Å². The normalized spacial score (nSPS) is 9.96. The lowest BCUT2D eigenvalue weighted by Gasteiger charge is -2.06. The minimum absolute atomic E-state index is 0.000988. The van der Waals surface area contributed by atoms with E-state index in [1.54, 1.807) is 26.8 Å². The third kappa shape index (κ3) is 5.99. The molecular weight excluding hydrogens is 426 g/mol. The van der Waals surface area contributed by atoms with Crippen molar-refractivity contribution < 1.29 is 19.4 Å². The number of ether oxygens (including phenoxy) is 1. The average Bonchev–Trinajstić information content (AvgIpc) is 2.45. The van der Waals surface area contributed by atoms with Crippen molar-refractivity contribution in [2.45, 2.75) is 20.8 Å². The van der Waals surface area contributed by atoms with Crippen LogP contribution in [-0.4, -0.2) is 33.6 Å². The second-order valence-electron chi connectivity index (χ2n) is 4.88. The number of nitrogens with zero attached hydrogens (tertiary/aromatic N) is 2. The number of carboxylic acids is 1. The maximum atomic E-state index is 11.4. The smallest absolute Gasteiger partial charge is 0.341 e. The molecule has 0 amide bonds. The Morgan fingerprint density at radius 2 is 1.38 bits per heavy atom. The molecule has 0 radical (unpaired) electrons. The monoisotopic (exact) mass is 438 g/mol. The molecule has 2 heterocycles. The van der Waals surface area contributed by atoms with Gasteiger partial charge in [-0.15, -0.1) is 0 Å². The number of aromatic nitrogens is 2. The fraction of sp³-hybridized carbons (Fsp3) is 0.250. The first kappa shape index (κ1) is 22.4. The summed E-state index contributed by atoms with van der Waals surface area (Å²) in [5.74, 6) is -1.57. The van der Waals surface area contributed by atoms with E-state index in [1.807, 2.05) is 0 Å². The van der Waals surface area contributed by atoms with Crippen LogP contribution in [-0.2, 0) is 4.74 Å². The molecule has 2 aromatic heterocycles. The van der Waals surface area contributed by atoms with E-state index in [1.165, 1.54) is 6.07 Å². The second kappa shape index (κ2) is 9.92. The van der Waals surface area contributed by atoms with Crippen LogP contribution >= 0.6 is 46.4 Å². The number of esters is 1. The molecule has 1 N–H and O–H groups in total. The van der Waals surface area contributed by atoms with Crippen LogP contribution in [0.5, 0.6) is 0 Å². The average molecular weight is 440 g/mol. The summed E-state index contributed by atoms with van der Waals surface area (Å²) >= 11 is 22.5. The van der Waals surface area contributed by atoms with Crippen molar-refractivity contribution in [3.8, 4) is 0 Å². The summed E-state index contributed by atoms with van der Waals surface area (Å²) in [6.07, 6.45) is 0. The molecule has 0 bridgehead atoms. The molecule has 0 aliphatic heterocycles. The highest BCUT2D eigenvalue weighted by Crippen LogP contribution is 2.22. The molecule has 0 saturated heterocycles. The molecule has 2 rings (SSSR count). The lowest BCUT2D eigenvalue weighted by Crippen LogP contribution is -2.08. The van der Waals surface area contributed by atoms with Crippen molar-refractivity contribution in [3.63, 3.8) is 0 Å². The number of carbonyl (C=O) groups excluding carboxylic acids is 1. The third-order valence-corrected chi connectivity index (χ3v) is 3.91. The minimum atomic E-state index is -1.10. The minimum Gasteiger partial charge on any atom is -0.478 e. The van der Waals surface area contributed by atoms with Gasteiger partial charge in [0, 0.05) is 0 Å². The van der Waals surface area contributed by atoms with Crippen molar-refractivity contribution in [1.29, 1.82) is 0 Å². The van der Waals surface area contributed by atoms with Crippen molar-refractivity contribution >= 4 is 58.3 Å². The Balaban J connectivity index is 0.000000263. The number of aromatic carboxylic acids is 1. The molecule has 0 aliphatic carbocycles. The van der Waals surface area contributed by atoms with Crippen molar-refractivity contribution in [2.75, 3.05) is 6.61 Å². The SMILES string of the molecule is CCOC(=O)c1c(C)cc(Cl)nc1Cl.Cc1cc(Cl)nc(Cl)c1C(=O)O. The highest BCUT2D eigenvalue weighted by molar-refractivity contribution is 6.35. The first-order valence-electron chi connectivity index (χ1n) is 7.14. The van der Waals surface area contributed by atoms with E-state index in [0.29, 0.717) is 17.7 Å². The van der Waals surface area contributed by atoms with Crippen LogP contribution in [0.15, 0.2) is 12.1 Å². The quantitative estimate of drug-likeness (QED) is 0.517. The summed E-state index contributed by atoms with van der Waals surface area (Å²) in [5, 5.41) is 9.13. The predicted octanol–water partition coefficient (Wildman–Crippen LogP) is 5.27. The molecule has 26 heavy (non-hydrogen) atoms. The van der Waals surface area contributed by atoms with E-state index >= 15 is 0 Å². The van der Waals surface area contributed by atoms with Gasteiger partial charge in [0.05, 0.1) is 17.7 Å². The maximum Gasteiger partial charge on any atom is 0.341 e. The Morgan fingerprint density at radius 3 is 1.73 bits per heavy atom. The Hall–Kier alpha value is -1.60. The number of hydrogen-bond acceptors (Lipinski definition) is 5. The predicted molar refractivity (Wildman–Crippen MR) is 101 cm³/mol. The first-order valence-corrected chi connectivity index (χ1v) is 8.65. The molecule has 0 atom stereocenters. The largest absolute Gasteiger partial charge is 0.478 e. The van der Waals surface area contributed by atoms with Crippen LogP contribution < -0.4 is 0 Å². The molecule has 6 nitrogen and oxygen atoms in total. The van der Waals surface area contributed by atoms with Gasteiger partial charge in [0.2, 0.25) is 0 Å². The van der Waals surface area contributed by atoms with Crippen LogP contribution in [0.3, 0.4) is 0 Å². The lowest BCUT2D eigenvalue weighted by atomic mass is 10.2. The standard InChI is InChI=1S/C9H9Cl2NO2.C7H5Cl2NO2/c1-3-14-9(13)7-5(2)4-6(10)12-8(7)11;1-3-2-4(8)10-6(9)5(3)7(11)12/h4H,3H2,1-2H3;2H,1H3,(H,11,12). The zero-order valence-corrected chi connectivity index (χ0v) is 17.0. The zero-order valence-electron chi connectivity index (χ0n) is 13.9. The molecular formula is C16H14Cl4N2O4. The second-order valence-corrected chi connectivity index (χ2v) is 6.37. The van der Waals surface area contributed by atoms with Gasteiger partial charge in [0.25, 0.3) is 0 Å². The summed E-state index contributed by atoms with van der Waals surface area (Å²) in [4.78, 5) is 29.4. The number of aryl methyl sites for hydroxylation is 2.